The molecule has 0 amide bonds. The van der Waals surface area contributed by atoms with Gasteiger partial charge in [0.15, 0.2) is 9.04 Å². The fourth-order valence-electron chi connectivity index (χ4n) is 0.902. The molecule has 4 N–H and O–H groups in total. The zero-order valence-corrected chi connectivity index (χ0v) is 9.26. The first-order valence-electron chi connectivity index (χ1n) is 3.90. The predicted molar refractivity (Wildman–Crippen MR) is 47.6 cm³/mol. The first kappa shape index (κ1) is 12.2. The average Bonchev–Trinajstić information content (AvgIpc) is 1.85. The zero-order valence-electron chi connectivity index (χ0n) is 7.10. The second-order valence-electron chi connectivity index (χ2n) is 2.78. The lowest BCUT2D eigenvalue weighted by Crippen LogP contribution is -2.33. The van der Waals surface area contributed by atoms with Crippen LogP contribution in [-0.4, -0.2) is 43.9 Å². The number of hydrogen-bond donors (Lipinski definition) is 4. The van der Waals surface area contributed by atoms with E-state index in [9.17, 15) is 0 Å². The van der Waals surface area contributed by atoms with Crippen molar-refractivity contribution in [1.29, 1.82) is 0 Å². The Bertz CT molecular complexity index is 103. The minimum Gasteiger partial charge on any atom is -0.420 e. The van der Waals surface area contributed by atoms with Crippen LogP contribution < -0.4 is 0 Å². The Kier molecular flexibility index (Phi) is 5.92. The van der Waals surface area contributed by atoms with Gasteiger partial charge in [-0.25, -0.2) is 0 Å². The van der Waals surface area contributed by atoms with Crippen molar-refractivity contribution in [2.24, 2.45) is 0 Å². The van der Waals surface area contributed by atoms with Gasteiger partial charge in [0, 0.05) is 6.61 Å². The molecule has 1 aliphatic rings. The van der Waals surface area contributed by atoms with E-state index in [-0.39, 0.29) is 0 Å². The van der Waals surface area contributed by atoms with Crippen LogP contribution in [0, 0.1) is 0 Å². The molecule has 1 fully saturated rings. The molecule has 0 saturated carbocycles. The van der Waals surface area contributed by atoms with E-state index in [0.29, 0.717) is 0 Å². The summed E-state index contributed by atoms with van der Waals surface area (Å²) < 4.78 is 5.42. The molecule has 1 rings (SSSR count). The molecule has 1 saturated heterocycles. The van der Waals surface area contributed by atoms with Gasteiger partial charge in [0.25, 0.3) is 0 Å². The molecule has 5 nitrogen and oxygen atoms in total. The summed E-state index contributed by atoms with van der Waals surface area (Å²) in [5.41, 5.74) is 0. The highest BCUT2D eigenvalue weighted by molar-refractivity contribution is 6.50. The topological polar surface area (TPSA) is 90.2 Å². The van der Waals surface area contributed by atoms with Crippen molar-refractivity contribution in [3.05, 3.63) is 0 Å². The van der Waals surface area contributed by atoms with Crippen molar-refractivity contribution in [3.8, 4) is 0 Å². The van der Waals surface area contributed by atoms with Crippen molar-refractivity contribution in [2.75, 3.05) is 6.61 Å². The summed E-state index contributed by atoms with van der Waals surface area (Å²) in [6.07, 6.45) is 2.73. The van der Waals surface area contributed by atoms with Crippen LogP contribution in [0.3, 0.4) is 0 Å². The number of hydrogen-bond acceptors (Lipinski definition) is 5. The third-order valence-corrected chi connectivity index (χ3v) is 3.43. The summed E-state index contributed by atoms with van der Waals surface area (Å²) in [6, 6.07) is 1.40. The van der Waals surface area contributed by atoms with Gasteiger partial charge >= 0.3 is 9.05 Å². The fourth-order valence-corrected chi connectivity index (χ4v) is 2.50. The van der Waals surface area contributed by atoms with Gasteiger partial charge in [0.1, 0.15) is 0 Å². The van der Waals surface area contributed by atoms with Gasteiger partial charge in [0.2, 0.25) is 0 Å². The minimum atomic E-state index is -4.61. The lowest BCUT2D eigenvalue weighted by atomic mass is 10.4. The smallest absolute Gasteiger partial charge is 0.420 e. The molecule has 1 aliphatic heterocycles. The summed E-state index contributed by atoms with van der Waals surface area (Å²) in [6.45, 7) is 3.33. The van der Waals surface area contributed by atoms with E-state index < -0.39 is 18.1 Å². The van der Waals surface area contributed by atoms with Crippen molar-refractivity contribution in [3.63, 3.8) is 0 Å². The molecule has 7 heteroatoms. The van der Waals surface area contributed by atoms with E-state index in [2.05, 4.69) is 6.55 Å². The summed E-state index contributed by atoms with van der Waals surface area (Å²) in [5, 5.41) is 0. The van der Waals surface area contributed by atoms with Gasteiger partial charge in [-0.1, -0.05) is 6.42 Å². The van der Waals surface area contributed by atoms with Gasteiger partial charge in [-0.05, 0) is 19.0 Å². The van der Waals surface area contributed by atoms with Gasteiger partial charge < -0.3 is 23.6 Å². The fraction of sp³-hybridized carbons (Fsp3) is 1.00. The highest BCUT2D eigenvalue weighted by atomic mass is 28.4. The summed E-state index contributed by atoms with van der Waals surface area (Å²) in [4.78, 5) is 29.3. The third kappa shape index (κ3) is 12.9. The van der Waals surface area contributed by atoms with Crippen LogP contribution in [0.2, 0.25) is 12.6 Å². The monoisotopic (exact) mass is 212 g/mol. The quantitative estimate of drug-likeness (QED) is 0.369. The third-order valence-electron chi connectivity index (χ3n) is 1.41. The molecule has 0 aromatic heterocycles. The first-order chi connectivity index (χ1) is 5.39. The van der Waals surface area contributed by atoms with Crippen molar-refractivity contribution in [1.82, 2.24) is 0 Å². The second kappa shape index (κ2) is 5.81. The molecule has 0 aliphatic carbocycles. The van der Waals surface area contributed by atoms with Gasteiger partial charge in [-0.15, -0.1) is 0 Å². The van der Waals surface area contributed by atoms with E-state index >= 15 is 0 Å². The lowest BCUT2D eigenvalue weighted by Gasteiger charge is -2.16. The maximum atomic E-state index is 7.33. The maximum absolute atomic E-state index is 7.33. The zero-order chi connectivity index (χ0) is 9.61. The molecular weight excluding hydrogens is 196 g/mol. The lowest BCUT2D eigenvalue weighted by molar-refractivity contribution is 0.117. The van der Waals surface area contributed by atoms with E-state index in [4.69, 9.17) is 23.6 Å². The molecule has 0 radical (unpaired) electrons. The summed E-state index contributed by atoms with van der Waals surface area (Å²) in [7, 11) is -5.21. The second-order valence-corrected chi connectivity index (χ2v) is 6.51. The molecule has 0 spiro atoms. The Hall–Kier alpha value is 0.234. The van der Waals surface area contributed by atoms with Crippen molar-refractivity contribution in [2.45, 2.75) is 25.4 Å². The molecule has 0 aromatic rings. The average molecular weight is 212 g/mol. The van der Waals surface area contributed by atoms with Gasteiger partial charge in [0.05, 0.1) is 0 Å². The van der Waals surface area contributed by atoms with E-state index in [0.717, 1.165) is 6.61 Å². The van der Waals surface area contributed by atoms with Crippen molar-refractivity contribution < 1.29 is 23.6 Å². The molecule has 0 aromatic carbocycles. The molecule has 1 unspecified atom stereocenters. The maximum Gasteiger partial charge on any atom is 0.668 e. The van der Waals surface area contributed by atoms with Crippen LogP contribution >= 0.6 is 0 Å². The van der Waals surface area contributed by atoms with E-state index in [1.54, 1.807) is 0 Å². The SMILES string of the molecule is C[SiH]1CCCCO1.O[Si](O)(O)O. The highest BCUT2D eigenvalue weighted by Gasteiger charge is 2.22. The van der Waals surface area contributed by atoms with Gasteiger partial charge in [-0.3, -0.25) is 0 Å². The normalized spacial score (nSPS) is 24.2. The largest absolute Gasteiger partial charge is 0.668 e. The standard InChI is InChI=1S/C5H12OSi.H4O4Si/c1-7-5-3-2-4-6-7;1-5(2,3)4/h7H,2-5H2,1H3;1-4H. The minimum absolute atomic E-state index is 0.595. The van der Waals surface area contributed by atoms with E-state index in [1.165, 1.54) is 18.9 Å². The molecule has 74 valence electrons. The van der Waals surface area contributed by atoms with Crippen LogP contribution in [0.1, 0.15) is 12.8 Å². The molecule has 1 atom stereocenters. The summed E-state index contributed by atoms with van der Waals surface area (Å²) in [5.74, 6) is 0. The van der Waals surface area contributed by atoms with Crippen LogP contribution in [-0.2, 0) is 4.43 Å². The Morgan fingerprint density at radius 3 is 1.83 bits per heavy atom. The molecule has 12 heavy (non-hydrogen) atoms. The van der Waals surface area contributed by atoms with Crippen LogP contribution in [0.25, 0.3) is 0 Å². The van der Waals surface area contributed by atoms with Crippen molar-refractivity contribution >= 4 is 18.1 Å². The first-order valence-corrected chi connectivity index (χ1v) is 8.14. The van der Waals surface area contributed by atoms with Crippen LogP contribution in [0.5, 0.6) is 0 Å². The van der Waals surface area contributed by atoms with Gasteiger partial charge in [-0.2, -0.15) is 0 Å². The number of rotatable bonds is 0. The Balaban J connectivity index is 0.000000217. The Morgan fingerprint density at radius 2 is 1.67 bits per heavy atom. The van der Waals surface area contributed by atoms with Crippen LogP contribution in [0.15, 0.2) is 0 Å². The Labute approximate surface area is 74.5 Å². The molecular formula is C5H16O5Si2. The summed E-state index contributed by atoms with van der Waals surface area (Å²) >= 11 is 0. The van der Waals surface area contributed by atoms with Crippen LogP contribution in [0.4, 0.5) is 0 Å². The van der Waals surface area contributed by atoms with E-state index in [1.807, 2.05) is 0 Å². The predicted octanol–water partition coefficient (Wildman–Crippen LogP) is -1.46. The molecule has 0 bridgehead atoms. The highest BCUT2D eigenvalue weighted by Crippen LogP contribution is 2.09. The molecule has 1 heterocycles. The Morgan fingerprint density at radius 1 is 1.17 bits per heavy atom.